The highest BCUT2D eigenvalue weighted by molar-refractivity contribution is 4.68. The molecule has 0 bridgehead atoms. The summed E-state index contributed by atoms with van der Waals surface area (Å²) in [5, 5.41) is 11.2. The van der Waals surface area contributed by atoms with E-state index in [4.69, 9.17) is 0 Å². The summed E-state index contributed by atoms with van der Waals surface area (Å²) in [5.41, 5.74) is 0. The van der Waals surface area contributed by atoms with Gasteiger partial charge < -0.3 is 16.0 Å². The summed E-state index contributed by atoms with van der Waals surface area (Å²) in [6, 6.07) is 1.44. The monoisotopic (exact) mass is 425 g/mol. The average Bonchev–Trinajstić information content (AvgIpc) is 2.74. The summed E-state index contributed by atoms with van der Waals surface area (Å²) in [7, 11) is 0. The van der Waals surface area contributed by atoms with Gasteiger partial charge in [0.25, 0.3) is 0 Å². The fraction of sp³-hybridized carbons (Fsp3) is 1.00. The minimum Gasteiger partial charge on any atom is -0.317 e. The number of unbranched alkanes of at least 4 members (excludes halogenated alkanes) is 9. The Hall–Kier alpha value is -0.120. The Kier molecular flexibility index (Phi) is 25.0. The second-order valence-electron chi connectivity index (χ2n) is 9.51. The van der Waals surface area contributed by atoms with E-state index < -0.39 is 0 Å². The van der Waals surface area contributed by atoms with E-state index in [2.05, 4.69) is 43.6 Å². The Labute approximate surface area is 191 Å². The molecule has 0 aromatic heterocycles. The molecule has 0 aromatic rings. The zero-order chi connectivity index (χ0) is 22.1. The van der Waals surface area contributed by atoms with Gasteiger partial charge in [-0.15, -0.1) is 0 Å². The minimum atomic E-state index is 0.680. The van der Waals surface area contributed by atoms with Gasteiger partial charge in [-0.3, -0.25) is 0 Å². The molecule has 0 aliphatic carbocycles. The second kappa shape index (κ2) is 25.1. The zero-order valence-corrected chi connectivity index (χ0v) is 21.5. The molecule has 2 unspecified atom stereocenters. The van der Waals surface area contributed by atoms with Crippen molar-refractivity contribution in [3.63, 3.8) is 0 Å². The van der Waals surface area contributed by atoms with Crippen molar-refractivity contribution in [2.45, 2.75) is 149 Å². The van der Waals surface area contributed by atoms with Gasteiger partial charge >= 0.3 is 0 Å². The van der Waals surface area contributed by atoms with Gasteiger partial charge in [0.1, 0.15) is 0 Å². The van der Waals surface area contributed by atoms with Crippen LogP contribution in [-0.4, -0.2) is 38.3 Å². The molecule has 0 amide bonds. The fourth-order valence-electron chi connectivity index (χ4n) is 4.15. The lowest BCUT2D eigenvalue weighted by molar-refractivity contribution is 0.410. The summed E-state index contributed by atoms with van der Waals surface area (Å²) >= 11 is 0. The van der Waals surface area contributed by atoms with Crippen LogP contribution in [0, 0.1) is 0 Å². The van der Waals surface area contributed by atoms with E-state index in [0.29, 0.717) is 6.04 Å². The lowest BCUT2D eigenvalue weighted by Crippen LogP contribution is -2.31. The first kappa shape index (κ1) is 29.9. The molecule has 0 fully saturated rings. The molecule has 0 heterocycles. The van der Waals surface area contributed by atoms with E-state index in [9.17, 15) is 0 Å². The van der Waals surface area contributed by atoms with Crippen molar-refractivity contribution in [3.8, 4) is 0 Å². The molecule has 182 valence electrons. The fourth-order valence-corrected chi connectivity index (χ4v) is 4.15. The van der Waals surface area contributed by atoms with Crippen molar-refractivity contribution in [2.75, 3.05) is 26.2 Å². The van der Waals surface area contributed by atoms with Gasteiger partial charge in [0, 0.05) is 12.1 Å². The van der Waals surface area contributed by atoms with Gasteiger partial charge in [-0.2, -0.15) is 0 Å². The zero-order valence-electron chi connectivity index (χ0n) is 21.5. The molecule has 30 heavy (non-hydrogen) atoms. The Morgan fingerprint density at radius 2 is 0.967 bits per heavy atom. The Morgan fingerprint density at radius 3 is 1.67 bits per heavy atom. The first-order chi connectivity index (χ1) is 14.7. The van der Waals surface area contributed by atoms with Gasteiger partial charge in [0.15, 0.2) is 0 Å². The molecule has 3 heteroatoms. The lowest BCUT2D eigenvalue weighted by Gasteiger charge is -2.19. The summed E-state index contributed by atoms with van der Waals surface area (Å²) in [5.74, 6) is 0. The van der Waals surface area contributed by atoms with Gasteiger partial charge in [-0.1, -0.05) is 91.4 Å². The normalized spacial score (nSPS) is 13.6. The molecule has 3 N–H and O–H groups in total. The molecule has 0 rings (SSSR count). The number of nitrogens with one attached hydrogen (secondary N) is 3. The van der Waals surface area contributed by atoms with E-state index in [0.717, 1.165) is 19.1 Å². The van der Waals surface area contributed by atoms with Crippen molar-refractivity contribution in [2.24, 2.45) is 0 Å². The average molecular weight is 426 g/mol. The predicted octanol–water partition coefficient (Wildman–Crippen LogP) is 7.20. The van der Waals surface area contributed by atoms with Crippen LogP contribution in [0.4, 0.5) is 0 Å². The highest BCUT2D eigenvalue weighted by Crippen LogP contribution is 2.12. The van der Waals surface area contributed by atoms with Crippen LogP contribution >= 0.6 is 0 Å². The maximum Gasteiger partial charge on any atom is 0.00670 e. The predicted molar refractivity (Wildman–Crippen MR) is 138 cm³/mol. The molecule has 0 radical (unpaired) electrons. The van der Waals surface area contributed by atoms with Crippen LogP contribution in [0.1, 0.15) is 137 Å². The molecule has 0 spiro atoms. The highest BCUT2D eigenvalue weighted by Gasteiger charge is 2.07. The number of hydrogen-bond acceptors (Lipinski definition) is 3. The summed E-state index contributed by atoms with van der Waals surface area (Å²) in [4.78, 5) is 0. The van der Waals surface area contributed by atoms with Crippen LogP contribution in [0.15, 0.2) is 0 Å². The van der Waals surface area contributed by atoms with Crippen molar-refractivity contribution < 1.29 is 0 Å². The van der Waals surface area contributed by atoms with E-state index in [-0.39, 0.29) is 0 Å². The summed E-state index contributed by atoms with van der Waals surface area (Å²) < 4.78 is 0. The van der Waals surface area contributed by atoms with Crippen LogP contribution in [0.5, 0.6) is 0 Å². The van der Waals surface area contributed by atoms with E-state index in [1.807, 2.05) is 0 Å². The van der Waals surface area contributed by atoms with Crippen molar-refractivity contribution >= 4 is 0 Å². The van der Waals surface area contributed by atoms with E-state index >= 15 is 0 Å². The van der Waals surface area contributed by atoms with Crippen molar-refractivity contribution in [1.29, 1.82) is 0 Å². The third kappa shape index (κ3) is 22.6. The Bertz CT molecular complexity index is 308. The van der Waals surface area contributed by atoms with Crippen LogP contribution in [0.2, 0.25) is 0 Å². The molecule has 0 aromatic carbocycles. The lowest BCUT2D eigenvalue weighted by atomic mass is 10.0. The topological polar surface area (TPSA) is 36.1 Å². The third-order valence-corrected chi connectivity index (χ3v) is 6.29. The largest absolute Gasteiger partial charge is 0.317 e. The molecule has 2 atom stereocenters. The summed E-state index contributed by atoms with van der Waals surface area (Å²) in [6.45, 7) is 13.9. The molecule has 0 aliphatic heterocycles. The van der Waals surface area contributed by atoms with Crippen molar-refractivity contribution in [3.05, 3.63) is 0 Å². The first-order valence-corrected chi connectivity index (χ1v) is 13.9. The number of hydrogen-bond donors (Lipinski definition) is 3. The molecule has 0 aliphatic rings. The molecular formula is C27H59N3. The molecule has 3 nitrogen and oxygen atoms in total. The van der Waals surface area contributed by atoms with Crippen LogP contribution in [-0.2, 0) is 0 Å². The van der Waals surface area contributed by atoms with Gasteiger partial charge in [0.05, 0.1) is 0 Å². The quantitative estimate of drug-likeness (QED) is 0.135. The standard InChI is InChI=1S/C27H59N3/c1-5-8-11-12-15-21-27(20-14-10-7-3)30-24-17-16-22-28-23-18-25-29-26(4)19-13-9-6-2/h26-30H,5-25H2,1-4H3. The first-order valence-electron chi connectivity index (χ1n) is 13.9. The van der Waals surface area contributed by atoms with Gasteiger partial charge in [0.2, 0.25) is 0 Å². The maximum atomic E-state index is 3.88. The second-order valence-corrected chi connectivity index (χ2v) is 9.51. The van der Waals surface area contributed by atoms with Crippen LogP contribution in [0.3, 0.4) is 0 Å². The van der Waals surface area contributed by atoms with Crippen molar-refractivity contribution in [1.82, 2.24) is 16.0 Å². The SMILES string of the molecule is CCCCCCCC(CCCCC)NCCCCNCCCNC(C)CCCCC. The maximum absolute atomic E-state index is 3.88. The molecule has 0 saturated carbocycles. The number of rotatable bonds is 25. The molecular weight excluding hydrogens is 366 g/mol. The third-order valence-electron chi connectivity index (χ3n) is 6.29. The minimum absolute atomic E-state index is 0.680. The van der Waals surface area contributed by atoms with Gasteiger partial charge in [-0.05, 0) is 71.6 Å². The van der Waals surface area contributed by atoms with E-state index in [1.165, 1.54) is 122 Å². The van der Waals surface area contributed by atoms with Crippen LogP contribution in [0.25, 0.3) is 0 Å². The highest BCUT2D eigenvalue weighted by atomic mass is 14.9. The Morgan fingerprint density at radius 1 is 0.467 bits per heavy atom. The smallest absolute Gasteiger partial charge is 0.00670 e. The Balaban J connectivity index is 3.56. The summed E-state index contributed by atoms with van der Waals surface area (Å²) in [6.07, 6.45) is 23.2. The van der Waals surface area contributed by atoms with E-state index in [1.54, 1.807) is 0 Å². The molecule has 0 saturated heterocycles. The van der Waals surface area contributed by atoms with Gasteiger partial charge in [-0.25, -0.2) is 0 Å². The van der Waals surface area contributed by atoms with Crippen LogP contribution < -0.4 is 16.0 Å².